The van der Waals surface area contributed by atoms with Gasteiger partial charge >= 0.3 is 11.8 Å². The van der Waals surface area contributed by atoms with E-state index in [1.54, 1.807) is 24.3 Å². The molecule has 2 N–H and O–H groups in total. The number of urea groups is 1. The molecule has 0 radical (unpaired) electrons. The molecule has 2 aromatic carbocycles. The number of carbonyl (C=O) groups is 1. The second-order valence-electron chi connectivity index (χ2n) is 4.85. The Kier molecular flexibility index (Phi) is 4.20. The number of nitrogens with zero attached hydrogens (tertiary/aromatic N) is 1. The van der Waals surface area contributed by atoms with E-state index in [4.69, 9.17) is 4.42 Å². The lowest BCUT2D eigenvalue weighted by Crippen LogP contribution is -2.19. The maximum Gasteiger partial charge on any atom is 0.419 e. The number of hydrogen-bond donors (Lipinski definition) is 2. The molecule has 0 bridgehead atoms. The van der Waals surface area contributed by atoms with Crippen molar-refractivity contribution >= 4 is 44.4 Å². The molecule has 0 unspecified atom stereocenters. The van der Waals surface area contributed by atoms with E-state index in [2.05, 4.69) is 26.6 Å². The van der Waals surface area contributed by atoms with Crippen molar-refractivity contribution in [2.24, 2.45) is 0 Å². The van der Waals surface area contributed by atoms with Crippen LogP contribution >= 0.6 is 15.9 Å². The van der Waals surface area contributed by atoms with Crippen LogP contribution in [0.1, 0.15) is 6.92 Å². The summed E-state index contributed by atoms with van der Waals surface area (Å²) in [4.78, 5) is 23.7. The first-order chi connectivity index (χ1) is 11.1. The predicted octanol–water partition coefficient (Wildman–Crippen LogP) is 4.02. The molecule has 0 saturated heterocycles. The number of aryl methyl sites for hydroxylation is 1. The van der Waals surface area contributed by atoms with Gasteiger partial charge in [0.2, 0.25) is 0 Å². The van der Waals surface area contributed by atoms with E-state index < -0.39 is 5.76 Å². The van der Waals surface area contributed by atoms with Gasteiger partial charge in [0.15, 0.2) is 5.58 Å². The molecule has 0 saturated carbocycles. The molecule has 0 aliphatic heterocycles. The monoisotopic (exact) mass is 375 g/mol. The average molecular weight is 376 g/mol. The molecule has 7 heteroatoms. The average Bonchev–Trinajstić information content (AvgIpc) is 2.83. The second kappa shape index (κ2) is 6.29. The van der Waals surface area contributed by atoms with Gasteiger partial charge < -0.3 is 15.1 Å². The van der Waals surface area contributed by atoms with E-state index >= 15 is 0 Å². The van der Waals surface area contributed by atoms with Crippen molar-refractivity contribution in [1.82, 2.24) is 4.57 Å². The van der Waals surface area contributed by atoms with Crippen LogP contribution in [0, 0.1) is 0 Å². The Bertz CT molecular complexity index is 930. The van der Waals surface area contributed by atoms with Gasteiger partial charge in [-0.3, -0.25) is 4.57 Å². The van der Waals surface area contributed by atoms with Crippen molar-refractivity contribution in [1.29, 1.82) is 0 Å². The molecule has 3 aromatic rings. The number of rotatable bonds is 3. The van der Waals surface area contributed by atoms with Gasteiger partial charge in [0.25, 0.3) is 0 Å². The predicted molar refractivity (Wildman–Crippen MR) is 92.9 cm³/mol. The maximum absolute atomic E-state index is 12.1. The Morgan fingerprint density at radius 3 is 2.74 bits per heavy atom. The van der Waals surface area contributed by atoms with Gasteiger partial charge in [-0.1, -0.05) is 12.1 Å². The molecule has 1 aromatic heterocycles. The maximum atomic E-state index is 12.1. The van der Waals surface area contributed by atoms with Crippen molar-refractivity contribution in [2.45, 2.75) is 13.5 Å². The van der Waals surface area contributed by atoms with Crippen molar-refractivity contribution in [2.75, 3.05) is 10.6 Å². The molecule has 0 atom stereocenters. The molecule has 3 rings (SSSR count). The van der Waals surface area contributed by atoms with Gasteiger partial charge in [-0.15, -0.1) is 0 Å². The molecule has 0 aliphatic rings. The summed E-state index contributed by atoms with van der Waals surface area (Å²) in [7, 11) is 0. The zero-order valence-electron chi connectivity index (χ0n) is 12.3. The lowest BCUT2D eigenvalue weighted by Gasteiger charge is -2.09. The van der Waals surface area contributed by atoms with E-state index in [-0.39, 0.29) is 6.03 Å². The Morgan fingerprint density at radius 1 is 1.22 bits per heavy atom. The van der Waals surface area contributed by atoms with Crippen molar-refractivity contribution in [3.63, 3.8) is 0 Å². The van der Waals surface area contributed by atoms with Crippen LogP contribution in [0.3, 0.4) is 0 Å². The highest BCUT2D eigenvalue weighted by Gasteiger charge is 2.10. The number of oxazole rings is 1. The molecular formula is C16H14BrN3O3. The smallest absolute Gasteiger partial charge is 0.408 e. The number of benzene rings is 2. The number of carbonyl (C=O) groups excluding carboxylic acids is 1. The number of anilines is 2. The first-order valence-corrected chi connectivity index (χ1v) is 7.83. The van der Waals surface area contributed by atoms with Crippen LogP contribution in [0.4, 0.5) is 16.2 Å². The molecule has 0 spiro atoms. The fourth-order valence-corrected chi connectivity index (χ4v) is 2.67. The van der Waals surface area contributed by atoms with E-state index in [1.165, 1.54) is 4.57 Å². The van der Waals surface area contributed by atoms with Crippen molar-refractivity contribution in [3.8, 4) is 0 Å². The highest BCUT2D eigenvalue weighted by Crippen LogP contribution is 2.22. The minimum atomic E-state index is -0.405. The highest BCUT2D eigenvalue weighted by atomic mass is 79.9. The Morgan fingerprint density at radius 2 is 2.00 bits per heavy atom. The van der Waals surface area contributed by atoms with Crippen molar-refractivity contribution < 1.29 is 9.21 Å². The van der Waals surface area contributed by atoms with Crippen LogP contribution < -0.4 is 16.4 Å². The summed E-state index contributed by atoms with van der Waals surface area (Å²) in [6, 6.07) is 12.0. The van der Waals surface area contributed by atoms with Crippen LogP contribution in [0.15, 0.2) is 56.1 Å². The Labute approximate surface area is 140 Å². The summed E-state index contributed by atoms with van der Waals surface area (Å²) >= 11 is 3.37. The summed E-state index contributed by atoms with van der Waals surface area (Å²) < 4.78 is 7.49. The largest absolute Gasteiger partial charge is 0.419 e. The van der Waals surface area contributed by atoms with Gasteiger partial charge in [-0.05, 0) is 47.1 Å². The highest BCUT2D eigenvalue weighted by molar-refractivity contribution is 9.10. The summed E-state index contributed by atoms with van der Waals surface area (Å²) in [5, 5.41) is 5.45. The topological polar surface area (TPSA) is 76.3 Å². The molecule has 2 amide bonds. The molecule has 6 nitrogen and oxygen atoms in total. The Balaban J connectivity index is 1.80. The standard InChI is InChI=1S/C16H14BrN3O3/c1-2-20-13-8-7-10(9-14(13)23-16(20)22)18-15(21)19-12-6-4-3-5-11(12)17/h3-9H,2H2,1H3,(H2,18,19,21). The van der Waals surface area contributed by atoms with Gasteiger partial charge in [0.1, 0.15) is 0 Å². The van der Waals surface area contributed by atoms with Gasteiger partial charge in [-0.25, -0.2) is 9.59 Å². The van der Waals surface area contributed by atoms with Gasteiger partial charge in [0.05, 0.1) is 11.2 Å². The first-order valence-electron chi connectivity index (χ1n) is 7.04. The summed E-state index contributed by atoms with van der Waals surface area (Å²) in [5.74, 6) is -0.405. The number of amides is 2. The van der Waals surface area contributed by atoms with E-state index in [0.29, 0.717) is 29.0 Å². The van der Waals surface area contributed by atoms with E-state index in [9.17, 15) is 9.59 Å². The third-order valence-electron chi connectivity index (χ3n) is 3.36. The van der Waals surface area contributed by atoms with Crippen LogP contribution in [0.25, 0.3) is 11.1 Å². The molecule has 23 heavy (non-hydrogen) atoms. The molecule has 1 heterocycles. The number of hydrogen-bond acceptors (Lipinski definition) is 3. The lowest BCUT2D eigenvalue weighted by molar-refractivity contribution is 0.262. The van der Waals surface area contributed by atoms with Crippen LogP contribution in [0.2, 0.25) is 0 Å². The molecule has 118 valence electrons. The van der Waals surface area contributed by atoms with Crippen LogP contribution in [-0.4, -0.2) is 10.6 Å². The third-order valence-corrected chi connectivity index (χ3v) is 4.06. The minimum absolute atomic E-state index is 0.381. The SMILES string of the molecule is CCn1c(=O)oc2cc(NC(=O)Nc3ccccc3Br)ccc21. The van der Waals surface area contributed by atoms with E-state index in [0.717, 1.165) is 4.47 Å². The van der Waals surface area contributed by atoms with Crippen molar-refractivity contribution in [3.05, 3.63) is 57.5 Å². The number of para-hydroxylation sites is 1. The molecular weight excluding hydrogens is 362 g/mol. The van der Waals surface area contributed by atoms with Crippen LogP contribution in [-0.2, 0) is 6.54 Å². The molecule has 0 aliphatic carbocycles. The number of halogens is 1. The normalized spacial score (nSPS) is 10.7. The summed E-state index contributed by atoms with van der Waals surface area (Å²) in [6.45, 7) is 2.40. The fourth-order valence-electron chi connectivity index (χ4n) is 2.29. The van der Waals surface area contributed by atoms with E-state index in [1.807, 2.05) is 25.1 Å². The molecule has 0 fully saturated rings. The summed E-state index contributed by atoms with van der Waals surface area (Å²) in [5.41, 5.74) is 2.35. The number of fused-ring (bicyclic) bond motifs is 1. The fraction of sp³-hybridized carbons (Fsp3) is 0.125. The Hall–Kier alpha value is -2.54. The minimum Gasteiger partial charge on any atom is -0.408 e. The lowest BCUT2D eigenvalue weighted by atomic mass is 10.3. The third kappa shape index (κ3) is 3.14. The van der Waals surface area contributed by atoms with Crippen LogP contribution in [0.5, 0.6) is 0 Å². The first kappa shape index (κ1) is 15.4. The quantitative estimate of drug-likeness (QED) is 0.725. The summed E-state index contributed by atoms with van der Waals surface area (Å²) in [6.07, 6.45) is 0. The van der Waals surface area contributed by atoms with Gasteiger partial charge in [-0.2, -0.15) is 0 Å². The second-order valence-corrected chi connectivity index (χ2v) is 5.71. The zero-order valence-corrected chi connectivity index (χ0v) is 13.9. The number of aromatic nitrogens is 1. The zero-order chi connectivity index (χ0) is 16.4. The number of nitrogens with one attached hydrogen (secondary N) is 2. The van der Waals surface area contributed by atoms with Gasteiger partial charge in [0, 0.05) is 22.8 Å².